The number of hydrogen-bond donors (Lipinski definition) is 2. The van der Waals surface area contributed by atoms with Gasteiger partial charge >= 0.3 is 6.09 Å². The third-order valence-corrected chi connectivity index (χ3v) is 2.70. The SMILES string of the molecule is O=C(NCC1COCCN1)OCc1ccccc1. The molecule has 1 atom stereocenters. The van der Waals surface area contributed by atoms with Crippen LogP contribution in [0.4, 0.5) is 4.79 Å². The van der Waals surface area contributed by atoms with Crippen molar-refractivity contribution in [1.29, 1.82) is 0 Å². The number of nitrogens with one attached hydrogen (secondary N) is 2. The molecule has 1 fully saturated rings. The van der Waals surface area contributed by atoms with E-state index in [9.17, 15) is 4.79 Å². The topological polar surface area (TPSA) is 59.6 Å². The fourth-order valence-corrected chi connectivity index (χ4v) is 1.73. The van der Waals surface area contributed by atoms with E-state index >= 15 is 0 Å². The third kappa shape index (κ3) is 4.35. The molecule has 1 heterocycles. The molecule has 1 aromatic rings. The summed E-state index contributed by atoms with van der Waals surface area (Å²) in [7, 11) is 0. The lowest BCUT2D eigenvalue weighted by Crippen LogP contribution is -2.48. The molecule has 1 amide bonds. The van der Waals surface area contributed by atoms with Gasteiger partial charge in [-0.15, -0.1) is 0 Å². The lowest BCUT2D eigenvalue weighted by Gasteiger charge is -2.23. The van der Waals surface area contributed by atoms with Crippen LogP contribution in [-0.4, -0.2) is 38.4 Å². The summed E-state index contributed by atoms with van der Waals surface area (Å²) < 4.78 is 10.4. The Kier molecular flexibility index (Phi) is 4.99. The summed E-state index contributed by atoms with van der Waals surface area (Å²) in [4.78, 5) is 11.5. The highest BCUT2D eigenvalue weighted by Crippen LogP contribution is 2.00. The second-order valence-corrected chi connectivity index (χ2v) is 4.17. The molecule has 1 aliphatic rings. The predicted octanol–water partition coefficient (Wildman–Crippen LogP) is 0.901. The fourth-order valence-electron chi connectivity index (χ4n) is 1.73. The van der Waals surface area contributed by atoms with E-state index in [1.165, 1.54) is 0 Å². The Labute approximate surface area is 106 Å². The molecule has 0 radical (unpaired) electrons. The molecule has 2 N–H and O–H groups in total. The highest BCUT2D eigenvalue weighted by atomic mass is 16.5. The van der Waals surface area contributed by atoms with Crippen LogP contribution < -0.4 is 10.6 Å². The molecule has 18 heavy (non-hydrogen) atoms. The van der Waals surface area contributed by atoms with Crippen LogP contribution in [0.2, 0.25) is 0 Å². The maximum absolute atomic E-state index is 11.5. The highest BCUT2D eigenvalue weighted by Gasteiger charge is 2.13. The van der Waals surface area contributed by atoms with Crippen molar-refractivity contribution in [1.82, 2.24) is 10.6 Å². The summed E-state index contributed by atoms with van der Waals surface area (Å²) in [6.45, 7) is 2.99. The first kappa shape index (κ1) is 12.9. The van der Waals surface area contributed by atoms with Gasteiger partial charge in [-0.05, 0) is 5.56 Å². The Morgan fingerprint density at radius 3 is 3.00 bits per heavy atom. The number of amides is 1. The molecule has 1 aromatic carbocycles. The van der Waals surface area contributed by atoms with Gasteiger partial charge in [-0.2, -0.15) is 0 Å². The number of carbonyl (C=O) groups is 1. The Morgan fingerprint density at radius 1 is 1.44 bits per heavy atom. The van der Waals surface area contributed by atoms with Crippen LogP contribution in [0, 0.1) is 0 Å². The van der Waals surface area contributed by atoms with Crippen LogP contribution in [0.5, 0.6) is 0 Å². The Morgan fingerprint density at radius 2 is 2.28 bits per heavy atom. The number of alkyl carbamates (subject to hydrolysis) is 1. The Bertz CT molecular complexity index is 364. The van der Waals surface area contributed by atoms with Crippen LogP contribution in [0.1, 0.15) is 5.56 Å². The van der Waals surface area contributed by atoms with Crippen LogP contribution in [0.15, 0.2) is 30.3 Å². The summed E-state index contributed by atoms with van der Waals surface area (Å²) in [6, 6.07) is 9.77. The molecule has 0 saturated carbocycles. The average molecular weight is 250 g/mol. The van der Waals surface area contributed by atoms with Gasteiger partial charge in [0.05, 0.1) is 13.2 Å². The number of morpholine rings is 1. The maximum Gasteiger partial charge on any atom is 0.407 e. The van der Waals surface area contributed by atoms with Gasteiger partial charge in [0.1, 0.15) is 6.61 Å². The quantitative estimate of drug-likeness (QED) is 0.833. The van der Waals surface area contributed by atoms with E-state index in [2.05, 4.69) is 10.6 Å². The molecular formula is C13H18N2O3. The van der Waals surface area contributed by atoms with E-state index in [-0.39, 0.29) is 6.04 Å². The van der Waals surface area contributed by atoms with Gasteiger partial charge in [0.25, 0.3) is 0 Å². The smallest absolute Gasteiger partial charge is 0.407 e. The largest absolute Gasteiger partial charge is 0.445 e. The standard InChI is InChI=1S/C13H18N2O3/c16-13(15-8-12-10-17-7-6-14-12)18-9-11-4-2-1-3-5-11/h1-5,12,14H,6-10H2,(H,15,16). The van der Waals surface area contributed by atoms with Gasteiger partial charge in [0.15, 0.2) is 0 Å². The van der Waals surface area contributed by atoms with E-state index in [1.54, 1.807) is 0 Å². The number of carbonyl (C=O) groups excluding carboxylic acids is 1. The molecule has 0 bridgehead atoms. The molecule has 0 aromatic heterocycles. The van der Waals surface area contributed by atoms with Crippen molar-refractivity contribution < 1.29 is 14.3 Å². The van der Waals surface area contributed by atoms with Gasteiger partial charge in [0.2, 0.25) is 0 Å². The van der Waals surface area contributed by atoms with Crippen molar-refractivity contribution in [2.24, 2.45) is 0 Å². The van der Waals surface area contributed by atoms with E-state index in [0.717, 1.165) is 18.7 Å². The molecule has 5 heteroatoms. The summed E-state index contributed by atoms with van der Waals surface area (Å²) >= 11 is 0. The average Bonchev–Trinajstić information content (AvgIpc) is 2.45. The van der Waals surface area contributed by atoms with Crippen molar-refractivity contribution in [2.45, 2.75) is 12.6 Å². The number of rotatable bonds is 4. The van der Waals surface area contributed by atoms with Gasteiger partial charge < -0.3 is 20.1 Å². The summed E-state index contributed by atoms with van der Waals surface area (Å²) in [6.07, 6.45) is -0.397. The van der Waals surface area contributed by atoms with E-state index < -0.39 is 6.09 Å². The molecular weight excluding hydrogens is 232 g/mol. The second kappa shape index (κ2) is 6.98. The minimum atomic E-state index is -0.397. The molecule has 1 unspecified atom stereocenters. The summed E-state index contributed by atoms with van der Waals surface area (Å²) in [5, 5.41) is 5.97. The first-order chi connectivity index (χ1) is 8.84. The van der Waals surface area contributed by atoms with Crippen LogP contribution in [-0.2, 0) is 16.1 Å². The van der Waals surface area contributed by atoms with E-state index in [4.69, 9.17) is 9.47 Å². The zero-order chi connectivity index (χ0) is 12.6. The first-order valence-corrected chi connectivity index (χ1v) is 6.10. The van der Waals surface area contributed by atoms with Gasteiger partial charge in [0, 0.05) is 19.1 Å². The monoisotopic (exact) mass is 250 g/mol. The molecule has 5 nitrogen and oxygen atoms in total. The molecule has 0 aliphatic carbocycles. The lowest BCUT2D eigenvalue weighted by molar-refractivity contribution is 0.0749. The zero-order valence-corrected chi connectivity index (χ0v) is 10.2. The zero-order valence-electron chi connectivity index (χ0n) is 10.2. The van der Waals surface area contributed by atoms with E-state index in [1.807, 2.05) is 30.3 Å². The van der Waals surface area contributed by atoms with Crippen molar-refractivity contribution in [2.75, 3.05) is 26.3 Å². The normalized spacial score (nSPS) is 19.2. The number of hydrogen-bond acceptors (Lipinski definition) is 4. The summed E-state index contributed by atoms with van der Waals surface area (Å²) in [5.74, 6) is 0. The van der Waals surface area contributed by atoms with Crippen molar-refractivity contribution in [3.8, 4) is 0 Å². The van der Waals surface area contributed by atoms with Crippen LogP contribution in [0.25, 0.3) is 0 Å². The molecule has 2 rings (SSSR count). The number of benzene rings is 1. The Hall–Kier alpha value is -1.59. The van der Waals surface area contributed by atoms with Crippen LogP contribution in [0.3, 0.4) is 0 Å². The molecule has 1 aliphatic heterocycles. The van der Waals surface area contributed by atoms with Gasteiger partial charge in [-0.3, -0.25) is 0 Å². The van der Waals surface area contributed by atoms with Gasteiger partial charge in [-0.25, -0.2) is 4.79 Å². The Balaban J connectivity index is 1.63. The number of ether oxygens (including phenoxy) is 2. The predicted molar refractivity (Wildman–Crippen MR) is 67.2 cm³/mol. The minimum Gasteiger partial charge on any atom is -0.445 e. The van der Waals surface area contributed by atoms with Crippen molar-refractivity contribution in [3.05, 3.63) is 35.9 Å². The third-order valence-electron chi connectivity index (χ3n) is 2.70. The molecule has 0 spiro atoms. The van der Waals surface area contributed by atoms with Crippen molar-refractivity contribution >= 4 is 6.09 Å². The first-order valence-electron chi connectivity index (χ1n) is 6.10. The van der Waals surface area contributed by atoms with Crippen molar-refractivity contribution in [3.63, 3.8) is 0 Å². The fraction of sp³-hybridized carbons (Fsp3) is 0.462. The molecule has 98 valence electrons. The second-order valence-electron chi connectivity index (χ2n) is 4.17. The van der Waals surface area contributed by atoms with Gasteiger partial charge in [-0.1, -0.05) is 30.3 Å². The summed E-state index contributed by atoms with van der Waals surface area (Å²) in [5.41, 5.74) is 0.978. The van der Waals surface area contributed by atoms with Crippen LogP contribution >= 0.6 is 0 Å². The molecule has 1 saturated heterocycles. The lowest BCUT2D eigenvalue weighted by atomic mass is 10.2. The maximum atomic E-state index is 11.5. The minimum absolute atomic E-state index is 0.169. The van der Waals surface area contributed by atoms with E-state index in [0.29, 0.717) is 19.8 Å². The highest BCUT2D eigenvalue weighted by molar-refractivity contribution is 5.67.